The van der Waals surface area contributed by atoms with E-state index in [2.05, 4.69) is 65.8 Å². The number of hydrogen-bond acceptors (Lipinski definition) is 4. The van der Waals surface area contributed by atoms with Crippen LogP contribution in [0.25, 0.3) is 0 Å². The summed E-state index contributed by atoms with van der Waals surface area (Å²) in [6, 6.07) is 27.5. The average Bonchev–Trinajstić information content (AvgIpc) is 2.93. The lowest BCUT2D eigenvalue weighted by atomic mass is 9.84. The van der Waals surface area contributed by atoms with Crippen molar-refractivity contribution in [2.24, 2.45) is 9.98 Å². The van der Waals surface area contributed by atoms with Gasteiger partial charge < -0.3 is 10.2 Å². The van der Waals surface area contributed by atoms with Crippen LogP contribution in [-0.2, 0) is 10.8 Å². The van der Waals surface area contributed by atoms with Crippen LogP contribution in [0.15, 0.2) is 94.9 Å². The molecule has 0 fully saturated rings. The molecule has 0 heterocycles. The summed E-state index contributed by atoms with van der Waals surface area (Å²) in [6.07, 6.45) is 3.56. The molecule has 2 atom stereocenters. The van der Waals surface area contributed by atoms with Crippen LogP contribution in [0, 0.1) is 13.8 Å². The van der Waals surface area contributed by atoms with Crippen LogP contribution in [0.2, 0.25) is 0 Å². The molecule has 0 aliphatic heterocycles. The third-order valence-electron chi connectivity index (χ3n) is 7.51. The summed E-state index contributed by atoms with van der Waals surface area (Å²) in [6.45, 7) is 16.7. The molecule has 0 spiro atoms. The second-order valence-corrected chi connectivity index (χ2v) is 13.3. The topological polar surface area (TPSA) is 65.2 Å². The Hall–Kier alpha value is -4.18. The summed E-state index contributed by atoms with van der Waals surface area (Å²) in [5, 5.41) is 22.5. The SMILES string of the molecule is Cc1cc(C=NC(c2ccccc2)C(N=Cc2cc(C)cc(C(C)(C)C)c2O)c2ccccc2)c(O)c(C(C)(C)C)c1. The lowest BCUT2D eigenvalue weighted by Crippen LogP contribution is -2.13. The minimum absolute atomic E-state index is 0.212. The maximum atomic E-state index is 11.2. The van der Waals surface area contributed by atoms with E-state index in [1.165, 1.54) is 0 Å². The molecule has 42 heavy (non-hydrogen) atoms. The van der Waals surface area contributed by atoms with E-state index in [1.807, 2.05) is 74.5 Å². The zero-order chi connectivity index (χ0) is 30.7. The number of benzene rings is 4. The number of aromatic hydroxyl groups is 2. The molecule has 0 aliphatic rings. The Balaban J connectivity index is 1.87. The van der Waals surface area contributed by atoms with Gasteiger partial charge in [0, 0.05) is 34.7 Å². The summed E-state index contributed by atoms with van der Waals surface area (Å²) in [7, 11) is 0. The molecule has 0 aliphatic carbocycles. The minimum Gasteiger partial charge on any atom is -0.507 e. The van der Waals surface area contributed by atoms with Crippen LogP contribution in [0.5, 0.6) is 11.5 Å². The van der Waals surface area contributed by atoms with E-state index in [4.69, 9.17) is 9.98 Å². The second-order valence-electron chi connectivity index (χ2n) is 13.3. The molecular weight excluding hydrogens is 516 g/mol. The van der Waals surface area contributed by atoms with E-state index >= 15 is 0 Å². The van der Waals surface area contributed by atoms with Crippen LogP contribution in [-0.4, -0.2) is 22.6 Å². The monoisotopic (exact) mass is 560 g/mol. The zero-order valence-electron chi connectivity index (χ0n) is 26.2. The first-order valence-corrected chi connectivity index (χ1v) is 14.6. The van der Waals surface area contributed by atoms with Gasteiger partial charge in [-0.25, -0.2) is 0 Å². The lowest BCUT2D eigenvalue weighted by Gasteiger charge is -2.24. The maximum Gasteiger partial charge on any atom is 0.128 e. The Kier molecular flexibility index (Phi) is 9.06. The average molecular weight is 561 g/mol. The summed E-state index contributed by atoms with van der Waals surface area (Å²) >= 11 is 0. The Bertz CT molecular complexity index is 1450. The van der Waals surface area contributed by atoms with Crippen molar-refractivity contribution in [3.8, 4) is 11.5 Å². The highest BCUT2D eigenvalue weighted by atomic mass is 16.3. The first-order valence-electron chi connectivity index (χ1n) is 14.6. The molecule has 2 unspecified atom stereocenters. The van der Waals surface area contributed by atoms with Crippen molar-refractivity contribution in [3.05, 3.63) is 129 Å². The second kappa shape index (κ2) is 12.4. The van der Waals surface area contributed by atoms with Gasteiger partial charge in [0.25, 0.3) is 0 Å². The minimum atomic E-state index is -0.378. The van der Waals surface area contributed by atoms with Crippen molar-refractivity contribution in [3.63, 3.8) is 0 Å². The molecule has 0 saturated carbocycles. The quantitative estimate of drug-likeness (QED) is 0.221. The third-order valence-corrected chi connectivity index (χ3v) is 7.51. The van der Waals surface area contributed by atoms with E-state index in [9.17, 15) is 10.2 Å². The first-order chi connectivity index (χ1) is 19.8. The molecule has 4 heteroatoms. The molecule has 218 valence electrons. The van der Waals surface area contributed by atoms with Gasteiger partial charge in [-0.3, -0.25) is 9.98 Å². The molecule has 4 rings (SSSR count). The summed E-state index contributed by atoms with van der Waals surface area (Å²) in [5.74, 6) is 0.505. The normalized spacial score (nSPS) is 14.0. The predicted molar refractivity (Wildman–Crippen MR) is 177 cm³/mol. The number of aryl methyl sites for hydroxylation is 2. The van der Waals surface area contributed by atoms with Gasteiger partial charge in [-0.15, -0.1) is 0 Å². The van der Waals surface area contributed by atoms with Gasteiger partial charge in [-0.1, -0.05) is 114 Å². The Morgan fingerprint density at radius 3 is 1.19 bits per heavy atom. The number of aliphatic imine (C=N–C) groups is 2. The summed E-state index contributed by atoms with van der Waals surface area (Å²) in [5.41, 5.74) is 6.87. The highest BCUT2D eigenvalue weighted by Gasteiger charge is 2.25. The molecule has 2 N–H and O–H groups in total. The van der Waals surface area contributed by atoms with Crippen LogP contribution in [0.4, 0.5) is 0 Å². The fourth-order valence-electron chi connectivity index (χ4n) is 5.28. The molecule has 0 radical (unpaired) electrons. The van der Waals surface area contributed by atoms with E-state index < -0.39 is 0 Å². The van der Waals surface area contributed by atoms with Gasteiger partial charge in [0.2, 0.25) is 0 Å². The lowest BCUT2D eigenvalue weighted by molar-refractivity contribution is 0.444. The van der Waals surface area contributed by atoms with Crippen molar-refractivity contribution in [1.29, 1.82) is 0 Å². The number of phenolic OH excluding ortho intramolecular Hbond substituents is 2. The van der Waals surface area contributed by atoms with Crippen molar-refractivity contribution in [2.75, 3.05) is 0 Å². The predicted octanol–water partition coefficient (Wildman–Crippen LogP) is 9.33. The van der Waals surface area contributed by atoms with E-state index in [-0.39, 0.29) is 34.4 Å². The van der Waals surface area contributed by atoms with Crippen LogP contribution in [0.3, 0.4) is 0 Å². The molecule has 0 aromatic heterocycles. The van der Waals surface area contributed by atoms with E-state index in [1.54, 1.807) is 12.4 Å². The molecule has 0 amide bonds. The summed E-state index contributed by atoms with van der Waals surface area (Å²) < 4.78 is 0. The van der Waals surface area contributed by atoms with Crippen molar-refractivity contribution < 1.29 is 10.2 Å². The summed E-state index contributed by atoms with van der Waals surface area (Å²) in [4.78, 5) is 10.2. The van der Waals surface area contributed by atoms with Crippen LogP contribution < -0.4 is 0 Å². The molecule has 4 nitrogen and oxygen atoms in total. The number of phenols is 2. The maximum absolute atomic E-state index is 11.2. The van der Waals surface area contributed by atoms with E-state index in [0.717, 1.165) is 33.4 Å². The molecule has 0 bridgehead atoms. The fraction of sp³-hybridized carbons (Fsp3) is 0.316. The van der Waals surface area contributed by atoms with E-state index in [0.29, 0.717) is 11.1 Å². The fourth-order valence-corrected chi connectivity index (χ4v) is 5.28. The van der Waals surface area contributed by atoms with Crippen molar-refractivity contribution in [1.82, 2.24) is 0 Å². The smallest absolute Gasteiger partial charge is 0.128 e. The van der Waals surface area contributed by atoms with Crippen LogP contribution >= 0.6 is 0 Å². The first kappa shape index (κ1) is 30.8. The highest BCUT2D eigenvalue weighted by molar-refractivity contribution is 5.86. The van der Waals surface area contributed by atoms with Crippen molar-refractivity contribution >= 4 is 12.4 Å². The molecule has 4 aromatic rings. The standard InChI is InChI=1S/C38H44N2O2/c1-25-19-29(35(41)31(21-25)37(3,4)5)23-39-33(27-15-11-9-12-16-27)34(28-17-13-10-14-18-28)40-24-30-20-26(2)22-32(36(30)42)38(6,7)8/h9-24,33-34,41-42H,1-8H3. The van der Waals surface area contributed by atoms with Gasteiger partial charge in [-0.05, 0) is 59.1 Å². The number of nitrogens with zero attached hydrogens (tertiary/aromatic N) is 2. The molecule has 4 aromatic carbocycles. The largest absolute Gasteiger partial charge is 0.507 e. The molecular formula is C38H44N2O2. The Morgan fingerprint density at radius 2 is 0.881 bits per heavy atom. The van der Waals surface area contributed by atoms with Gasteiger partial charge in [0.05, 0.1) is 0 Å². The van der Waals surface area contributed by atoms with Gasteiger partial charge in [-0.2, -0.15) is 0 Å². The number of rotatable bonds is 7. The number of hydrogen-bond donors (Lipinski definition) is 2. The Labute approximate surface area is 251 Å². The van der Waals surface area contributed by atoms with Gasteiger partial charge in [0.1, 0.15) is 23.6 Å². The van der Waals surface area contributed by atoms with Gasteiger partial charge in [0.15, 0.2) is 0 Å². The Morgan fingerprint density at radius 1 is 0.548 bits per heavy atom. The zero-order valence-corrected chi connectivity index (χ0v) is 26.2. The van der Waals surface area contributed by atoms with Crippen molar-refractivity contribution in [2.45, 2.75) is 78.3 Å². The third kappa shape index (κ3) is 7.17. The highest BCUT2D eigenvalue weighted by Crippen LogP contribution is 2.39. The van der Waals surface area contributed by atoms with Gasteiger partial charge >= 0.3 is 0 Å². The van der Waals surface area contributed by atoms with Crippen LogP contribution in [0.1, 0.15) is 98.1 Å². The molecule has 0 saturated heterocycles.